The number of hydrogen-bond acceptors (Lipinski definition) is 13. The summed E-state index contributed by atoms with van der Waals surface area (Å²) >= 11 is 0. The van der Waals surface area contributed by atoms with Gasteiger partial charge in [0.1, 0.15) is 24.7 Å². The molecule has 0 saturated carbocycles. The SMILES string of the molecule is COC(=O)c1coc(CC[C@H](OC(C)=O)[C@H]2CC[C@@H]([C@@H](CCc3nc(C(=O)OC)co3)OC(C)=O)O2)n1. The van der Waals surface area contributed by atoms with Gasteiger partial charge in [0.2, 0.25) is 0 Å². The van der Waals surface area contributed by atoms with Crippen molar-refractivity contribution in [2.75, 3.05) is 14.2 Å². The van der Waals surface area contributed by atoms with E-state index in [1.807, 2.05) is 0 Å². The van der Waals surface area contributed by atoms with Crippen molar-refractivity contribution in [3.63, 3.8) is 0 Å². The maximum absolute atomic E-state index is 11.7. The largest absolute Gasteiger partial charge is 0.464 e. The molecule has 1 saturated heterocycles. The second kappa shape index (κ2) is 13.0. The van der Waals surface area contributed by atoms with Gasteiger partial charge in [-0.2, -0.15) is 0 Å². The average molecular weight is 523 g/mol. The third-order valence-electron chi connectivity index (χ3n) is 5.73. The highest BCUT2D eigenvalue weighted by atomic mass is 16.6. The molecule has 37 heavy (non-hydrogen) atoms. The Kier molecular flexibility index (Phi) is 9.78. The van der Waals surface area contributed by atoms with Crippen molar-refractivity contribution in [2.45, 2.75) is 76.8 Å². The molecule has 0 aromatic carbocycles. The fraction of sp³-hybridized carbons (Fsp3) is 0.583. The highest BCUT2D eigenvalue weighted by Gasteiger charge is 2.38. The molecule has 2 aromatic heterocycles. The molecule has 0 spiro atoms. The van der Waals surface area contributed by atoms with Crippen LogP contribution in [0.4, 0.5) is 0 Å². The number of carbonyl (C=O) groups is 4. The summed E-state index contributed by atoms with van der Waals surface area (Å²) < 4.78 is 37.1. The highest BCUT2D eigenvalue weighted by molar-refractivity contribution is 5.87. The van der Waals surface area contributed by atoms with Crippen LogP contribution in [0.25, 0.3) is 0 Å². The minimum Gasteiger partial charge on any atom is -0.464 e. The number of carbonyl (C=O) groups excluding carboxylic acids is 4. The van der Waals surface area contributed by atoms with Crippen molar-refractivity contribution in [3.05, 3.63) is 35.7 Å². The Labute approximate surface area is 212 Å². The van der Waals surface area contributed by atoms with Crippen LogP contribution < -0.4 is 0 Å². The Bertz CT molecular complexity index is 1010. The molecule has 1 aliphatic heterocycles. The second-order valence-electron chi connectivity index (χ2n) is 8.40. The van der Waals surface area contributed by atoms with Crippen molar-refractivity contribution in [2.24, 2.45) is 0 Å². The number of nitrogens with zero attached hydrogens (tertiary/aromatic N) is 2. The lowest BCUT2D eigenvalue weighted by atomic mass is 10.0. The summed E-state index contributed by atoms with van der Waals surface area (Å²) in [5.41, 5.74) is 0.0976. The van der Waals surface area contributed by atoms with E-state index in [0.717, 1.165) is 0 Å². The molecule has 0 aliphatic carbocycles. The minimum absolute atomic E-state index is 0.0488. The predicted molar refractivity (Wildman–Crippen MR) is 121 cm³/mol. The van der Waals surface area contributed by atoms with Crippen LogP contribution in [-0.2, 0) is 46.1 Å². The monoisotopic (exact) mass is 522 g/mol. The summed E-state index contributed by atoms with van der Waals surface area (Å²) in [7, 11) is 2.49. The number of hydrogen-bond donors (Lipinski definition) is 0. The molecule has 0 radical (unpaired) electrons. The Morgan fingerprint density at radius 2 is 1.22 bits per heavy atom. The van der Waals surface area contributed by atoms with Gasteiger partial charge in [0.25, 0.3) is 0 Å². The Morgan fingerprint density at radius 3 is 1.57 bits per heavy atom. The normalized spacial score (nSPS) is 18.6. The number of rotatable bonds is 12. The van der Waals surface area contributed by atoms with Crippen molar-refractivity contribution < 1.29 is 51.7 Å². The average Bonchev–Trinajstić information content (AvgIpc) is 3.64. The van der Waals surface area contributed by atoms with Gasteiger partial charge in [-0.05, 0) is 25.7 Å². The molecule has 13 nitrogen and oxygen atoms in total. The molecule has 0 bridgehead atoms. The first-order valence-corrected chi connectivity index (χ1v) is 11.8. The van der Waals surface area contributed by atoms with Gasteiger partial charge in [-0.3, -0.25) is 9.59 Å². The summed E-state index contributed by atoms with van der Waals surface area (Å²) in [5, 5.41) is 0. The van der Waals surface area contributed by atoms with Crippen molar-refractivity contribution in [1.29, 1.82) is 0 Å². The van der Waals surface area contributed by atoms with E-state index >= 15 is 0 Å². The number of aromatic nitrogens is 2. The third kappa shape index (κ3) is 7.87. The van der Waals surface area contributed by atoms with Gasteiger partial charge in [0.05, 0.1) is 26.4 Å². The molecule has 1 fully saturated rings. The van der Waals surface area contributed by atoms with Gasteiger partial charge in [-0.1, -0.05) is 0 Å². The molecule has 3 rings (SSSR count). The van der Waals surface area contributed by atoms with Gasteiger partial charge in [0, 0.05) is 26.7 Å². The summed E-state index contributed by atoms with van der Waals surface area (Å²) in [5.74, 6) is -1.58. The summed E-state index contributed by atoms with van der Waals surface area (Å²) in [6.45, 7) is 2.61. The molecule has 3 heterocycles. The Balaban J connectivity index is 1.61. The second-order valence-corrected chi connectivity index (χ2v) is 8.40. The van der Waals surface area contributed by atoms with E-state index in [4.69, 9.17) is 23.0 Å². The highest BCUT2D eigenvalue weighted by Crippen LogP contribution is 2.30. The van der Waals surface area contributed by atoms with E-state index < -0.39 is 48.3 Å². The molecule has 0 unspecified atom stereocenters. The number of aryl methyl sites for hydroxylation is 2. The van der Waals surface area contributed by atoms with E-state index in [1.165, 1.54) is 40.6 Å². The lowest BCUT2D eigenvalue weighted by Gasteiger charge is -2.26. The summed E-state index contributed by atoms with van der Waals surface area (Å²) in [6.07, 6.45) is 2.67. The lowest BCUT2D eigenvalue weighted by Crippen LogP contribution is -2.36. The molecule has 0 N–H and O–H groups in total. The fourth-order valence-corrected chi connectivity index (χ4v) is 4.08. The van der Waals surface area contributed by atoms with Gasteiger partial charge >= 0.3 is 23.9 Å². The summed E-state index contributed by atoms with van der Waals surface area (Å²) in [6, 6.07) is 0. The van der Waals surface area contributed by atoms with E-state index in [9.17, 15) is 19.2 Å². The number of esters is 4. The Morgan fingerprint density at radius 1 is 0.811 bits per heavy atom. The Hall–Kier alpha value is -3.74. The maximum atomic E-state index is 11.7. The molecule has 202 valence electrons. The summed E-state index contributed by atoms with van der Waals surface area (Å²) in [4.78, 5) is 54.8. The minimum atomic E-state index is -0.615. The first kappa shape index (κ1) is 27.8. The standard InChI is InChI=1S/C24H30N2O11/c1-13(27)35-17(7-9-21-25-15(11-33-21)23(29)31-3)19-5-6-20(37-19)18(36-14(2)28)8-10-22-26-16(12-34-22)24(30)32-4/h11-12,17-20H,5-10H2,1-4H3/t17-,18+,19+,20-. The first-order chi connectivity index (χ1) is 17.7. The topological polar surface area (TPSA) is 166 Å². The van der Waals surface area contributed by atoms with Crippen LogP contribution in [0.5, 0.6) is 0 Å². The van der Waals surface area contributed by atoms with Crippen LogP contribution >= 0.6 is 0 Å². The van der Waals surface area contributed by atoms with Gasteiger partial charge < -0.3 is 32.5 Å². The van der Waals surface area contributed by atoms with Crippen LogP contribution in [0.2, 0.25) is 0 Å². The number of oxazole rings is 2. The predicted octanol–water partition coefficient (Wildman–Crippen LogP) is 2.21. The molecule has 13 heteroatoms. The van der Waals surface area contributed by atoms with Gasteiger partial charge in [0.15, 0.2) is 23.2 Å². The van der Waals surface area contributed by atoms with Crippen molar-refractivity contribution in [1.82, 2.24) is 9.97 Å². The van der Waals surface area contributed by atoms with Crippen LogP contribution in [0.15, 0.2) is 21.4 Å². The van der Waals surface area contributed by atoms with Crippen molar-refractivity contribution in [3.8, 4) is 0 Å². The third-order valence-corrected chi connectivity index (χ3v) is 5.73. The lowest BCUT2D eigenvalue weighted by molar-refractivity contribution is -0.163. The zero-order chi connectivity index (χ0) is 26.9. The van der Waals surface area contributed by atoms with Crippen LogP contribution in [0.3, 0.4) is 0 Å². The maximum Gasteiger partial charge on any atom is 0.360 e. The van der Waals surface area contributed by atoms with Gasteiger partial charge in [-0.25, -0.2) is 19.6 Å². The van der Waals surface area contributed by atoms with Crippen LogP contribution in [0.1, 0.15) is 72.3 Å². The van der Waals surface area contributed by atoms with Crippen molar-refractivity contribution >= 4 is 23.9 Å². The van der Waals surface area contributed by atoms with E-state index in [2.05, 4.69) is 19.4 Å². The number of ether oxygens (including phenoxy) is 5. The van der Waals surface area contributed by atoms with E-state index in [-0.39, 0.29) is 11.4 Å². The molecule has 4 atom stereocenters. The fourth-order valence-electron chi connectivity index (χ4n) is 4.08. The zero-order valence-corrected chi connectivity index (χ0v) is 21.1. The molecular weight excluding hydrogens is 492 g/mol. The molecular formula is C24H30N2O11. The van der Waals surface area contributed by atoms with E-state index in [0.29, 0.717) is 50.3 Å². The quantitative estimate of drug-likeness (QED) is 0.294. The molecule has 2 aromatic rings. The first-order valence-electron chi connectivity index (χ1n) is 11.8. The van der Waals surface area contributed by atoms with E-state index in [1.54, 1.807) is 0 Å². The smallest absolute Gasteiger partial charge is 0.360 e. The number of methoxy groups -OCH3 is 2. The zero-order valence-electron chi connectivity index (χ0n) is 21.1. The van der Waals surface area contributed by atoms with Gasteiger partial charge in [-0.15, -0.1) is 0 Å². The molecule has 0 amide bonds. The molecule has 1 aliphatic rings. The van der Waals surface area contributed by atoms with Crippen LogP contribution in [-0.4, -0.2) is 72.5 Å². The van der Waals surface area contributed by atoms with Crippen LogP contribution in [0, 0.1) is 0 Å².